The molecule has 0 aliphatic carbocycles. The molecular formula is C15H15N3. The standard InChI is InChI=1S/C15H15N3/c1-11-7-8-12(2)13(9-11)10-18-15-6-4-3-5-14(15)16-17-18/h3-9H,10H2,1-2H3. The third-order valence-electron chi connectivity index (χ3n) is 3.24. The van der Waals surface area contributed by atoms with Crippen LogP contribution in [0.4, 0.5) is 0 Å². The molecule has 0 unspecified atom stereocenters. The van der Waals surface area contributed by atoms with Gasteiger partial charge < -0.3 is 0 Å². The molecule has 0 aliphatic heterocycles. The molecule has 0 fully saturated rings. The van der Waals surface area contributed by atoms with Crippen molar-refractivity contribution >= 4 is 11.0 Å². The average Bonchev–Trinajstić information content (AvgIpc) is 2.78. The summed E-state index contributed by atoms with van der Waals surface area (Å²) < 4.78 is 1.96. The smallest absolute Gasteiger partial charge is 0.113 e. The monoisotopic (exact) mass is 237 g/mol. The number of rotatable bonds is 2. The van der Waals surface area contributed by atoms with Crippen molar-refractivity contribution in [3.63, 3.8) is 0 Å². The lowest BCUT2D eigenvalue weighted by Crippen LogP contribution is -2.03. The number of para-hydroxylation sites is 1. The van der Waals surface area contributed by atoms with Gasteiger partial charge in [0, 0.05) is 0 Å². The number of benzene rings is 2. The number of fused-ring (bicyclic) bond motifs is 1. The van der Waals surface area contributed by atoms with E-state index in [1.165, 1.54) is 16.7 Å². The minimum atomic E-state index is 0.772. The summed E-state index contributed by atoms with van der Waals surface area (Å²) in [5.41, 5.74) is 5.90. The summed E-state index contributed by atoms with van der Waals surface area (Å²) in [5, 5.41) is 8.41. The van der Waals surface area contributed by atoms with Gasteiger partial charge in [0.15, 0.2) is 0 Å². The molecule has 3 rings (SSSR count). The Balaban J connectivity index is 2.04. The van der Waals surface area contributed by atoms with Crippen LogP contribution in [0.25, 0.3) is 11.0 Å². The van der Waals surface area contributed by atoms with Crippen molar-refractivity contribution in [1.82, 2.24) is 15.0 Å². The van der Waals surface area contributed by atoms with E-state index in [2.05, 4.69) is 48.4 Å². The van der Waals surface area contributed by atoms with Crippen LogP contribution in [0.2, 0.25) is 0 Å². The van der Waals surface area contributed by atoms with Gasteiger partial charge in [0.25, 0.3) is 0 Å². The van der Waals surface area contributed by atoms with Gasteiger partial charge in [0.1, 0.15) is 5.52 Å². The zero-order chi connectivity index (χ0) is 12.5. The molecule has 3 heteroatoms. The lowest BCUT2D eigenvalue weighted by molar-refractivity contribution is 0.667. The lowest BCUT2D eigenvalue weighted by Gasteiger charge is -2.07. The summed E-state index contributed by atoms with van der Waals surface area (Å²) in [4.78, 5) is 0. The largest absolute Gasteiger partial charge is 0.240 e. The molecule has 3 aromatic rings. The number of aromatic nitrogens is 3. The predicted molar refractivity (Wildman–Crippen MR) is 72.5 cm³/mol. The molecule has 0 radical (unpaired) electrons. The Morgan fingerprint density at radius 1 is 1.06 bits per heavy atom. The van der Waals surface area contributed by atoms with E-state index in [0.29, 0.717) is 0 Å². The fourth-order valence-electron chi connectivity index (χ4n) is 2.17. The molecule has 0 bridgehead atoms. The highest BCUT2D eigenvalue weighted by molar-refractivity contribution is 5.73. The molecule has 90 valence electrons. The summed E-state index contributed by atoms with van der Waals surface area (Å²) in [6.45, 7) is 5.02. The Kier molecular flexibility index (Phi) is 2.59. The molecular weight excluding hydrogens is 222 g/mol. The van der Waals surface area contributed by atoms with Crippen molar-refractivity contribution < 1.29 is 0 Å². The van der Waals surface area contributed by atoms with Crippen molar-refractivity contribution in [2.45, 2.75) is 20.4 Å². The molecule has 1 aromatic heterocycles. The van der Waals surface area contributed by atoms with Gasteiger partial charge in [-0.25, -0.2) is 4.68 Å². The second-order valence-electron chi connectivity index (χ2n) is 4.67. The van der Waals surface area contributed by atoms with E-state index in [1.807, 2.05) is 22.9 Å². The topological polar surface area (TPSA) is 30.7 Å². The van der Waals surface area contributed by atoms with Gasteiger partial charge in [-0.15, -0.1) is 5.10 Å². The molecule has 0 N–H and O–H groups in total. The molecule has 0 spiro atoms. The van der Waals surface area contributed by atoms with Crippen molar-refractivity contribution in [1.29, 1.82) is 0 Å². The van der Waals surface area contributed by atoms with Crippen LogP contribution in [0.15, 0.2) is 42.5 Å². The van der Waals surface area contributed by atoms with Crippen LogP contribution in [-0.4, -0.2) is 15.0 Å². The minimum absolute atomic E-state index is 0.772. The molecule has 0 amide bonds. The van der Waals surface area contributed by atoms with Crippen molar-refractivity contribution in [2.75, 3.05) is 0 Å². The van der Waals surface area contributed by atoms with Gasteiger partial charge in [-0.1, -0.05) is 41.1 Å². The molecule has 0 atom stereocenters. The molecule has 2 aromatic carbocycles. The van der Waals surface area contributed by atoms with Crippen LogP contribution in [0.3, 0.4) is 0 Å². The van der Waals surface area contributed by atoms with Crippen LogP contribution in [0, 0.1) is 13.8 Å². The SMILES string of the molecule is Cc1ccc(C)c(Cn2nnc3ccccc32)c1. The molecule has 0 saturated carbocycles. The summed E-state index contributed by atoms with van der Waals surface area (Å²) >= 11 is 0. The Labute approximate surface area is 106 Å². The van der Waals surface area contributed by atoms with Crippen LogP contribution < -0.4 is 0 Å². The first-order valence-corrected chi connectivity index (χ1v) is 6.08. The first-order valence-electron chi connectivity index (χ1n) is 6.08. The quantitative estimate of drug-likeness (QED) is 0.685. The van der Waals surface area contributed by atoms with Gasteiger partial charge >= 0.3 is 0 Å². The molecule has 0 aliphatic rings. The van der Waals surface area contributed by atoms with Crippen LogP contribution in [0.1, 0.15) is 16.7 Å². The minimum Gasteiger partial charge on any atom is -0.240 e. The van der Waals surface area contributed by atoms with E-state index in [1.54, 1.807) is 0 Å². The number of hydrogen-bond acceptors (Lipinski definition) is 2. The van der Waals surface area contributed by atoms with Gasteiger partial charge in [-0.05, 0) is 37.1 Å². The van der Waals surface area contributed by atoms with Crippen molar-refractivity contribution in [3.05, 3.63) is 59.2 Å². The van der Waals surface area contributed by atoms with Gasteiger partial charge in [-0.3, -0.25) is 0 Å². The molecule has 3 nitrogen and oxygen atoms in total. The van der Waals surface area contributed by atoms with Crippen molar-refractivity contribution in [2.24, 2.45) is 0 Å². The highest BCUT2D eigenvalue weighted by atomic mass is 15.4. The predicted octanol–water partition coefficient (Wildman–Crippen LogP) is 3.10. The first-order chi connectivity index (χ1) is 8.74. The Morgan fingerprint density at radius 3 is 2.78 bits per heavy atom. The Hall–Kier alpha value is -2.16. The fourth-order valence-corrected chi connectivity index (χ4v) is 2.17. The second kappa shape index (κ2) is 4.26. The second-order valence-corrected chi connectivity index (χ2v) is 4.67. The highest BCUT2D eigenvalue weighted by Gasteiger charge is 2.05. The molecule has 18 heavy (non-hydrogen) atoms. The number of nitrogens with zero attached hydrogens (tertiary/aromatic N) is 3. The van der Waals surface area contributed by atoms with E-state index in [4.69, 9.17) is 0 Å². The maximum absolute atomic E-state index is 4.23. The van der Waals surface area contributed by atoms with Gasteiger partial charge in [0.05, 0.1) is 12.1 Å². The molecule has 1 heterocycles. The van der Waals surface area contributed by atoms with Crippen LogP contribution in [-0.2, 0) is 6.54 Å². The number of aryl methyl sites for hydroxylation is 2. The van der Waals surface area contributed by atoms with E-state index in [0.717, 1.165) is 17.6 Å². The third kappa shape index (κ3) is 1.88. The van der Waals surface area contributed by atoms with E-state index < -0.39 is 0 Å². The lowest BCUT2D eigenvalue weighted by atomic mass is 10.1. The fraction of sp³-hybridized carbons (Fsp3) is 0.200. The normalized spacial score (nSPS) is 11.0. The van der Waals surface area contributed by atoms with Crippen LogP contribution in [0.5, 0.6) is 0 Å². The summed E-state index contributed by atoms with van der Waals surface area (Å²) in [6.07, 6.45) is 0. The zero-order valence-electron chi connectivity index (χ0n) is 10.6. The Bertz CT molecular complexity index is 698. The third-order valence-corrected chi connectivity index (χ3v) is 3.24. The number of hydrogen-bond donors (Lipinski definition) is 0. The molecule has 0 saturated heterocycles. The van der Waals surface area contributed by atoms with E-state index in [-0.39, 0.29) is 0 Å². The summed E-state index contributed by atoms with van der Waals surface area (Å²) in [5.74, 6) is 0. The van der Waals surface area contributed by atoms with E-state index in [9.17, 15) is 0 Å². The summed E-state index contributed by atoms with van der Waals surface area (Å²) in [7, 11) is 0. The van der Waals surface area contributed by atoms with E-state index >= 15 is 0 Å². The van der Waals surface area contributed by atoms with Gasteiger partial charge in [-0.2, -0.15) is 0 Å². The summed E-state index contributed by atoms with van der Waals surface area (Å²) in [6, 6.07) is 14.6. The van der Waals surface area contributed by atoms with Gasteiger partial charge in [0.2, 0.25) is 0 Å². The maximum atomic E-state index is 4.23. The van der Waals surface area contributed by atoms with Crippen molar-refractivity contribution in [3.8, 4) is 0 Å². The Morgan fingerprint density at radius 2 is 1.89 bits per heavy atom. The highest BCUT2D eigenvalue weighted by Crippen LogP contribution is 2.15. The maximum Gasteiger partial charge on any atom is 0.113 e. The zero-order valence-corrected chi connectivity index (χ0v) is 10.6. The average molecular weight is 237 g/mol. The van der Waals surface area contributed by atoms with Crippen LogP contribution >= 0.6 is 0 Å². The first kappa shape index (κ1) is 11.0.